The molecule has 17 heavy (non-hydrogen) atoms. The van der Waals surface area contributed by atoms with Gasteiger partial charge in [0.15, 0.2) is 0 Å². The molecule has 0 saturated heterocycles. The number of nitrogens with zero attached hydrogens (tertiary/aromatic N) is 1. The lowest BCUT2D eigenvalue weighted by Crippen LogP contribution is -2.34. The van der Waals surface area contributed by atoms with Crippen LogP contribution in [0.3, 0.4) is 0 Å². The first-order valence-corrected chi connectivity index (χ1v) is 4.75. The maximum absolute atomic E-state index is 11.5. The first kappa shape index (κ1) is 12.8. The third-order valence-electron chi connectivity index (χ3n) is 1.90. The summed E-state index contributed by atoms with van der Waals surface area (Å²) in [4.78, 5) is 34.6. The minimum atomic E-state index is -0.768. The first-order valence-electron chi connectivity index (χ1n) is 4.75. The Morgan fingerprint density at radius 1 is 1.71 bits per heavy atom. The summed E-state index contributed by atoms with van der Waals surface area (Å²) in [5.41, 5.74) is -1.47. The monoisotopic (exact) mass is 241 g/mol. The summed E-state index contributed by atoms with van der Waals surface area (Å²) in [6.07, 6.45) is 0.144. The number of rotatable bonds is 4. The first-order chi connectivity index (χ1) is 7.91. The molecule has 0 fully saturated rings. The number of hydrogen-bond donors (Lipinski definition) is 3. The van der Waals surface area contributed by atoms with Crippen LogP contribution in [0, 0.1) is 10.1 Å². The van der Waals surface area contributed by atoms with E-state index in [1.807, 2.05) is 0 Å². The molecule has 1 amide bonds. The predicted octanol–water partition coefficient (Wildman–Crippen LogP) is -0.606. The lowest BCUT2D eigenvalue weighted by molar-refractivity contribution is -0.385. The number of hydrogen-bond acceptors (Lipinski definition) is 5. The van der Waals surface area contributed by atoms with Crippen molar-refractivity contribution in [2.45, 2.75) is 13.0 Å². The molecule has 1 atom stereocenters. The lowest BCUT2D eigenvalue weighted by atomic mass is 10.2. The van der Waals surface area contributed by atoms with Gasteiger partial charge in [0.05, 0.1) is 17.2 Å². The number of carbonyl (C=O) groups excluding carboxylic acids is 1. The molecule has 1 aromatic heterocycles. The Morgan fingerprint density at radius 2 is 2.35 bits per heavy atom. The summed E-state index contributed by atoms with van der Waals surface area (Å²) in [6.45, 7) is 1.42. The normalized spacial score (nSPS) is 11.9. The van der Waals surface area contributed by atoms with Gasteiger partial charge in [0.25, 0.3) is 17.2 Å². The molecule has 1 heterocycles. The molecule has 1 unspecified atom stereocenters. The standard InChI is InChI=1S/C9H11N3O5/c1-5(13)3-10-8(14)7-2-6(12(16)17)4-11-9(7)15/h2,4-5,13H,3H2,1H3,(H,10,14)(H,11,15). The van der Waals surface area contributed by atoms with E-state index in [2.05, 4.69) is 10.3 Å². The molecule has 1 aromatic rings. The van der Waals surface area contributed by atoms with Crippen molar-refractivity contribution in [1.82, 2.24) is 10.3 Å². The van der Waals surface area contributed by atoms with Crippen LogP contribution in [0.2, 0.25) is 0 Å². The lowest BCUT2D eigenvalue weighted by Gasteiger charge is -2.06. The van der Waals surface area contributed by atoms with Crippen LogP contribution in [-0.2, 0) is 0 Å². The van der Waals surface area contributed by atoms with Crippen molar-refractivity contribution in [2.75, 3.05) is 6.54 Å². The molecule has 1 rings (SSSR count). The number of nitro groups is 1. The summed E-state index contributed by atoms with van der Waals surface area (Å²) in [5.74, 6) is -0.768. The van der Waals surface area contributed by atoms with Crippen molar-refractivity contribution in [2.24, 2.45) is 0 Å². The summed E-state index contributed by atoms with van der Waals surface area (Å²) in [5, 5.41) is 21.7. The zero-order valence-electron chi connectivity index (χ0n) is 8.97. The average molecular weight is 241 g/mol. The minimum Gasteiger partial charge on any atom is -0.392 e. The molecule has 0 aliphatic heterocycles. The van der Waals surface area contributed by atoms with Gasteiger partial charge in [-0.1, -0.05) is 0 Å². The van der Waals surface area contributed by atoms with Gasteiger partial charge in [-0.2, -0.15) is 0 Å². The van der Waals surface area contributed by atoms with Crippen LogP contribution in [0.1, 0.15) is 17.3 Å². The van der Waals surface area contributed by atoms with Crippen molar-refractivity contribution in [1.29, 1.82) is 0 Å². The second kappa shape index (κ2) is 5.21. The highest BCUT2D eigenvalue weighted by atomic mass is 16.6. The highest BCUT2D eigenvalue weighted by Gasteiger charge is 2.15. The van der Waals surface area contributed by atoms with E-state index >= 15 is 0 Å². The van der Waals surface area contributed by atoms with Gasteiger partial charge in [-0.15, -0.1) is 0 Å². The Hall–Kier alpha value is -2.22. The third kappa shape index (κ3) is 3.38. The second-order valence-corrected chi connectivity index (χ2v) is 3.42. The van der Waals surface area contributed by atoms with Gasteiger partial charge in [0, 0.05) is 12.6 Å². The van der Waals surface area contributed by atoms with Crippen LogP contribution in [0.15, 0.2) is 17.1 Å². The van der Waals surface area contributed by atoms with Crippen molar-refractivity contribution < 1.29 is 14.8 Å². The van der Waals surface area contributed by atoms with Gasteiger partial charge < -0.3 is 15.4 Å². The molecule has 0 aliphatic carbocycles. The van der Waals surface area contributed by atoms with Crippen LogP contribution in [0.4, 0.5) is 5.69 Å². The fourth-order valence-electron chi connectivity index (χ4n) is 1.08. The zero-order chi connectivity index (χ0) is 13.0. The van der Waals surface area contributed by atoms with E-state index < -0.39 is 22.5 Å². The minimum absolute atomic E-state index is 0.0407. The number of aliphatic hydroxyl groups excluding tert-OH is 1. The maximum atomic E-state index is 11.5. The van der Waals surface area contributed by atoms with Crippen LogP contribution < -0.4 is 10.9 Å². The predicted molar refractivity (Wildman–Crippen MR) is 57.7 cm³/mol. The summed E-state index contributed by atoms with van der Waals surface area (Å²) in [6, 6.07) is 0.885. The van der Waals surface area contributed by atoms with Crippen LogP contribution >= 0.6 is 0 Å². The molecule has 8 heteroatoms. The Bertz CT molecular complexity index is 494. The van der Waals surface area contributed by atoms with Crippen LogP contribution in [0.5, 0.6) is 0 Å². The van der Waals surface area contributed by atoms with E-state index in [-0.39, 0.29) is 17.8 Å². The number of aliphatic hydroxyl groups is 1. The van der Waals surface area contributed by atoms with Crippen LogP contribution in [-0.4, -0.2) is 33.6 Å². The number of aromatic nitrogens is 1. The van der Waals surface area contributed by atoms with Gasteiger partial charge in [-0.3, -0.25) is 19.7 Å². The number of pyridine rings is 1. The van der Waals surface area contributed by atoms with Gasteiger partial charge in [-0.05, 0) is 6.92 Å². The van der Waals surface area contributed by atoms with E-state index in [1.54, 1.807) is 0 Å². The van der Waals surface area contributed by atoms with Crippen molar-refractivity contribution >= 4 is 11.6 Å². The molecule has 0 radical (unpaired) electrons. The number of carbonyl (C=O) groups is 1. The van der Waals surface area contributed by atoms with E-state index in [4.69, 9.17) is 5.11 Å². The molecule has 0 spiro atoms. The molecular formula is C9H11N3O5. The molecule has 0 bridgehead atoms. The molecule has 0 aliphatic rings. The van der Waals surface area contributed by atoms with E-state index in [9.17, 15) is 19.7 Å². The van der Waals surface area contributed by atoms with Crippen LogP contribution in [0.25, 0.3) is 0 Å². The Balaban J connectivity index is 2.96. The zero-order valence-corrected chi connectivity index (χ0v) is 8.97. The maximum Gasteiger partial charge on any atom is 0.286 e. The third-order valence-corrected chi connectivity index (χ3v) is 1.90. The van der Waals surface area contributed by atoms with E-state index in [0.717, 1.165) is 12.3 Å². The highest BCUT2D eigenvalue weighted by Crippen LogP contribution is 2.07. The molecular weight excluding hydrogens is 230 g/mol. The topological polar surface area (TPSA) is 125 Å². The van der Waals surface area contributed by atoms with Gasteiger partial charge in [0.2, 0.25) is 0 Å². The smallest absolute Gasteiger partial charge is 0.286 e. The molecule has 8 nitrogen and oxygen atoms in total. The van der Waals surface area contributed by atoms with Gasteiger partial charge >= 0.3 is 0 Å². The average Bonchev–Trinajstić information content (AvgIpc) is 2.26. The fraction of sp³-hybridized carbons (Fsp3) is 0.333. The largest absolute Gasteiger partial charge is 0.392 e. The van der Waals surface area contributed by atoms with Gasteiger partial charge in [0.1, 0.15) is 5.56 Å². The highest BCUT2D eigenvalue weighted by molar-refractivity contribution is 5.94. The molecule has 0 aromatic carbocycles. The van der Waals surface area contributed by atoms with Crippen molar-refractivity contribution in [3.63, 3.8) is 0 Å². The molecule has 92 valence electrons. The Kier molecular flexibility index (Phi) is 3.94. The SMILES string of the molecule is CC(O)CNC(=O)c1cc([N+](=O)[O-])c[nH]c1=O. The Morgan fingerprint density at radius 3 is 2.88 bits per heavy atom. The summed E-state index contributed by atoms with van der Waals surface area (Å²) >= 11 is 0. The van der Waals surface area contributed by atoms with Gasteiger partial charge in [-0.25, -0.2) is 0 Å². The Labute approximate surface area is 95.4 Å². The molecule has 0 saturated carbocycles. The second-order valence-electron chi connectivity index (χ2n) is 3.42. The number of H-pyrrole nitrogens is 1. The number of nitrogens with one attached hydrogen (secondary N) is 2. The van der Waals surface area contributed by atoms with Crippen molar-refractivity contribution in [3.05, 3.63) is 38.3 Å². The van der Waals surface area contributed by atoms with E-state index in [0.29, 0.717) is 0 Å². The van der Waals surface area contributed by atoms with E-state index in [1.165, 1.54) is 6.92 Å². The summed E-state index contributed by atoms with van der Waals surface area (Å²) in [7, 11) is 0. The fourth-order valence-corrected chi connectivity index (χ4v) is 1.08. The number of amides is 1. The quantitative estimate of drug-likeness (QED) is 0.479. The number of aromatic amines is 1. The van der Waals surface area contributed by atoms with Crippen molar-refractivity contribution in [3.8, 4) is 0 Å². The molecule has 3 N–H and O–H groups in total. The summed E-state index contributed by atoms with van der Waals surface area (Å²) < 4.78 is 0.